The molecule has 0 N–H and O–H groups in total. The summed E-state index contributed by atoms with van der Waals surface area (Å²) in [4.78, 5) is 1.46. The lowest BCUT2D eigenvalue weighted by atomic mass is 10.0. The molecule has 0 atom stereocenters. The highest BCUT2D eigenvalue weighted by Crippen LogP contribution is 2.33. The van der Waals surface area contributed by atoms with Crippen LogP contribution in [0.4, 0.5) is 0 Å². The Morgan fingerprint density at radius 3 is 2.33 bits per heavy atom. The highest BCUT2D eigenvalue weighted by Gasteiger charge is 2.14. The smallest absolute Gasteiger partial charge is 0.00944 e. The first-order valence-electron chi connectivity index (χ1n) is 6.14. The van der Waals surface area contributed by atoms with Gasteiger partial charge in [-0.3, -0.25) is 0 Å². The Bertz CT molecular complexity index is 283. The molecule has 0 heterocycles. The van der Waals surface area contributed by atoms with Crippen LogP contribution in [0.1, 0.15) is 44.6 Å². The summed E-state index contributed by atoms with van der Waals surface area (Å²) in [5.74, 6) is 0. The second kappa shape index (κ2) is 5.60. The fraction of sp³-hybridized carbons (Fsp3) is 0.571. The van der Waals surface area contributed by atoms with Crippen molar-refractivity contribution in [1.29, 1.82) is 0 Å². The third kappa shape index (κ3) is 3.27. The van der Waals surface area contributed by atoms with E-state index in [9.17, 15) is 0 Å². The Labute approximate surface area is 97.5 Å². The summed E-state index contributed by atoms with van der Waals surface area (Å²) in [6.07, 6.45) is 8.30. The Balaban J connectivity index is 1.91. The lowest BCUT2D eigenvalue weighted by Crippen LogP contribution is -2.07. The summed E-state index contributed by atoms with van der Waals surface area (Å²) in [5.41, 5.74) is 1.45. The lowest BCUT2D eigenvalue weighted by molar-refractivity contribution is 0.516. The maximum absolute atomic E-state index is 2.29. The maximum Gasteiger partial charge on any atom is 0.00944 e. The predicted octanol–water partition coefficient (Wildman–Crippen LogP) is 4.67. The fourth-order valence-electron chi connectivity index (χ4n) is 2.18. The molecule has 1 aliphatic carbocycles. The van der Waals surface area contributed by atoms with Crippen LogP contribution in [0.2, 0.25) is 0 Å². The van der Waals surface area contributed by atoms with Crippen LogP contribution in [0, 0.1) is 0 Å². The Morgan fingerprint density at radius 1 is 1.07 bits per heavy atom. The van der Waals surface area contributed by atoms with E-state index in [0.29, 0.717) is 0 Å². The van der Waals surface area contributed by atoms with E-state index in [2.05, 4.69) is 43.0 Å². The molecule has 1 saturated carbocycles. The number of aryl methyl sites for hydroxylation is 1. The molecule has 0 radical (unpaired) electrons. The second-order valence-electron chi connectivity index (χ2n) is 4.38. The summed E-state index contributed by atoms with van der Waals surface area (Å²) >= 11 is 2.08. The van der Waals surface area contributed by atoms with Gasteiger partial charge in [0.15, 0.2) is 0 Å². The first kappa shape index (κ1) is 11.1. The van der Waals surface area contributed by atoms with E-state index in [1.54, 1.807) is 0 Å². The standard InChI is InChI=1S/C14H20S/c1-2-12-8-10-14(11-9-12)15-13-6-4-3-5-7-13/h8-11,13H,2-7H2,1H3. The van der Waals surface area contributed by atoms with Crippen LogP contribution in [-0.2, 0) is 6.42 Å². The highest BCUT2D eigenvalue weighted by molar-refractivity contribution is 8.00. The van der Waals surface area contributed by atoms with Crippen LogP contribution >= 0.6 is 11.8 Å². The molecule has 0 bridgehead atoms. The summed E-state index contributed by atoms with van der Waals surface area (Å²) in [6, 6.07) is 9.12. The minimum atomic E-state index is 0.881. The summed E-state index contributed by atoms with van der Waals surface area (Å²) < 4.78 is 0. The molecule has 0 amide bonds. The normalized spacial score (nSPS) is 17.9. The molecule has 0 saturated heterocycles. The van der Waals surface area contributed by atoms with Gasteiger partial charge in [0.2, 0.25) is 0 Å². The maximum atomic E-state index is 2.29. The zero-order valence-electron chi connectivity index (χ0n) is 9.54. The van der Waals surface area contributed by atoms with E-state index in [1.807, 2.05) is 0 Å². The van der Waals surface area contributed by atoms with Crippen molar-refractivity contribution in [2.75, 3.05) is 0 Å². The van der Waals surface area contributed by atoms with E-state index >= 15 is 0 Å². The third-order valence-corrected chi connectivity index (χ3v) is 4.54. The van der Waals surface area contributed by atoms with Crippen LogP contribution in [0.25, 0.3) is 0 Å². The average molecular weight is 220 g/mol. The lowest BCUT2D eigenvalue weighted by Gasteiger charge is -2.20. The minimum Gasteiger partial charge on any atom is -0.123 e. The Morgan fingerprint density at radius 2 is 1.73 bits per heavy atom. The zero-order chi connectivity index (χ0) is 10.5. The van der Waals surface area contributed by atoms with E-state index in [4.69, 9.17) is 0 Å². The molecule has 1 fully saturated rings. The van der Waals surface area contributed by atoms with Gasteiger partial charge in [-0.05, 0) is 37.0 Å². The van der Waals surface area contributed by atoms with Gasteiger partial charge in [-0.2, -0.15) is 0 Å². The van der Waals surface area contributed by atoms with Gasteiger partial charge in [0.05, 0.1) is 0 Å². The molecule has 0 aromatic heterocycles. The van der Waals surface area contributed by atoms with Crippen LogP contribution in [0.5, 0.6) is 0 Å². The molecule has 1 aromatic carbocycles. The van der Waals surface area contributed by atoms with Gasteiger partial charge in [-0.1, -0.05) is 38.3 Å². The molecule has 1 aliphatic rings. The number of thioether (sulfide) groups is 1. The molecule has 1 aromatic rings. The Kier molecular flexibility index (Phi) is 4.13. The zero-order valence-corrected chi connectivity index (χ0v) is 10.4. The van der Waals surface area contributed by atoms with Crippen molar-refractivity contribution in [2.24, 2.45) is 0 Å². The number of benzene rings is 1. The molecule has 0 spiro atoms. The van der Waals surface area contributed by atoms with E-state index in [-0.39, 0.29) is 0 Å². The van der Waals surface area contributed by atoms with Crippen molar-refractivity contribution in [3.8, 4) is 0 Å². The largest absolute Gasteiger partial charge is 0.123 e. The van der Waals surface area contributed by atoms with E-state index in [0.717, 1.165) is 11.7 Å². The Hall–Kier alpha value is -0.430. The quantitative estimate of drug-likeness (QED) is 0.713. The van der Waals surface area contributed by atoms with Crippen molar-refractivity contribution in [2.45, 2.75) is 55.6 Å². The van der Waals surface area contributed by atoms with Crippen molar-refractivity contribution < 1.29 is 0 Å². The molecule has 0 unspecified atom stereocenters. The van der Waals surface area contributed by atoms with Crippen molar-refractivity contribution in [3.05, 3.63) is 29.8 Å². The molecule has 1 heteroatoms. The summed E-state index contributed by atoms with van der Waals surface area (Å²) in [5, 5.41) is 0.881. The third-order valence-electron chi connectivity index (χ3n) is 3.19. The van der Waals surface area contributed by atoms with E-state index < -0.39 is 0 Å². The number of hydrogen-bond donors (Lipinski definition) is 0. The average Bonchev–Trinajstić information content (AvgIpc) is 2.31. The van der Waals surface area contributed by atoms with Gasteiger partial charge >= 0.3 is 0 Å². The molecule has 82 valence electrons. The first-order chi connectivity index (χ1) is 7.38. The molecule has 0 nitrogen and oxygen atoms in total. The van der Waals surface area contributed by atoms with Crippen molar-refractivity contribution in [1.82, 2.24) is 0 Å². The topological polar surface area (TPSA) is 0 Å². The molecule has 15 heavy (non-hydrogen) atoms. The van der Waals surface area contributed by atoms with Crippen LogP contribution in [-0.4, -0.2) is 5.25 Å². The van der Waals surface area contributed by atoms with E-state index in [1.165, 1.54) is 42.6 Å². The molecular formula is C14H20S. The summed E-state index contributed by atoms with van der Waals surface area (Å²) in [6.45, 7) is 2.21. The van der Waals surface area contributed by atoms with Crippen molar-refractivity contribution in [3.63, 3.8) is 0 Å². The van der Waals surface area contributed by atoms with Gasteiger partial charge in [-0.15, -0.1) is 11.8 Å². The van der Waals surface area contributed by atoms with Crippen LogP contribution in [0.15, 0.2) is 29.2 Å². The van der Waals surface area contributed by atoms with Crippen LogP contribution < -0.4 is 0 Å². The van der Waals surface area contributed by atoms with Crippen LogP contribution in [0.3, 0.4) is 0 Å². The van der Waals surface area contributed by atoms with Gasteiger partial charge in [0.1, 0.15) is 0 Å². The number of hydrogen-bond acceptors (Lipinski definition) is 1. The van der Waals surface area contributed by atoms with Gasteiger partial charge < -0.3 is 0 Å². The van der Waals surface area contributed by atoms with Gasteiger partial charge in [0.25, 0.3) is 0 Å². The first-order valence-corrected chi connectivity index (χ1v) is 7.02. The van der Waals surface area contributed by atoms with Gasteiger partial charge in [0, 0.05) is 10.1 Å². The highest BCUT2D eigenvalue weighted by atomic mass is 32.2. The van der Waals surface area contributed by atoms with Gasteiger partial charge in [-0.25, -0.2) is 0 Å². The number of rotatable bonds is 3. The second-order valence-corrected chi connectivity index (χ2v) is 5.75. The van der Waals surface area contributed by atoms with Crippen molar-refractivity contribution >= 4 is 11.8 Å². The minimum absolute atomic E-state index is 0.881. The summed E-state index contributed by atoms with van der Waals surface area (Å²) in [7, 11) is 0. The predicted molar refractivity (Wildman–Crippen MR) is 68.6 cm³/mol. The molecular weight excluding hydrogens is 200 g/mol. The fourth-order valence-corrected chi connectivity index (χ4v) is 3.43. The molecule has 0 aliphatic heterocycles. The monoisotopic (exact) mass is 220 g/mol. The SMILES string of the molecule is CCc1ccc(SC2CCCCC2)cc1. The molecule has 2 rings (SSSR count).